The maximum absolute atomic E-state index is 14.8. The molecule has 2 aromatic carbocycles. The SMILES string of the molecule is N#CCOc1ccc(-c2cnc3c(Nc4ccc(C(=O)N5CCN(C(=O)[C@@H]6CCCN6)CC5)c(Cl)c4)nccn23)c(Cl)c1F. The maximum Gasteiger partial charge on any atom is 0.255 e. The summed E-state index contributed by atoms with van der Waals surface area (Å²) in [7, 11) is 0. The summed E-state index contributed by atoms with van der Waals surface area (Å²) in [6.07, 6.45) is 6.62. The fourth-order valence-corrected chi connectivity index (χ4v) is 5.99. The molecule has 11 nitrogen and oxygen atoms in total. The first-order valence-electron chi connectivity index (χ1n) is 14.0. The summed E-state index contributed by atoms with van der Waals surface area (Å²) >= 11 is 12.9. The Labute approximate surface area is 262 Å². The highest BCUT2D eigenvalue weighted by molar-refractivity contribution is 6.34. The fourth-order valence-electron chi connectivity index (χ4n) is 5.48. The highest BCUT2D eigenvalue weighted by atomic mass is 35.5. The third-order valence-corrected chi connectivity index (χ3v) is 8.42. The van der Waals surface area contributed by atoms with Crippen molar-refractivity contribution in [1.82, 2.24) is 29.5 Å². The van der Waals surface area contributed by atoms with Crippen LogP contribution in [0.15, 0.2) is 48.9 Å². The second-order valence-electron chi connectivity index (χ2n) is 10.4. The van der Waals surface area contributed by atoms with Gasteiger partial charge in [-0.3, -0.25) is 14.0 Å². The van der Waals surface area contributed by atoms with Crippen LogP contribution in [0.5, 0.6) is 5.75 Å². The number of carbonyl (C=O) groups is 2. The van der Waals surface area contributed by atoms with Crippen LogP contribution < -0.4 is 15.4 Å². The van der Waals surface area contributed by atoms with Crippen LogP contribution in [-0.4, -0.2) is 81.4 Å². The van der Waals surface area contributed by atoms with Crippen LogP contribution in [0, 0.1) is 17.1 Å². The summed E-state index contributed by atoms with van der Waals surface area (Å²) in [5.41, 5.74) is 2.29. The minimum Gasteiger partial charge on any atom is -0.476 e. The smallest absolute Gasteiger partial charge is 0.255 e. The number of hydrogen-bond donors (Lipinski definition) is 2. The van der Waals surface area contributed by atoms with E-state index in [4.69, 9.17) is 33.2 Å². The molecule has 44 heavy (non-hydrogen) atoms. The summed E-state index contributed by atoms with van der Waals surface area (Å²) in [6, 6.07) is 9.70. The highest BCUT2D eigenvalue weighted by Gasteiger charge is 2.31. The lowest BCUT2D eigenvalue weighted by molar-refractivity contribution is -0.134. The Bertz CT molecular complexity index is 1780. The normalized spacial score (nSPS) is 16.6. The Morgan fingerprint density at radius 1 is 1.14 bits per heavy atom. The number of hydrogen-bond acceptors (Lipinski definition) is 8. The molecule has 2 N–H and O–H groups in total. The molecule has 2 fully saturated rings. The number of rotatable bonds is 7. The first-order chi connectivity index (χ1) is 21.4. The van der Waals surface area contributed by atoms with Gasteiger partial charge >= 0.3 is 0 Å². The molecule has 0 aliphatic carbocycles. The zero-order chi connectivity index (χ0) is 30.8. The highest BCUT2D eigenvalue weighted by Crippen LogP contribution is 2.36. The van der Waals surface area contributed by atoms with Crippen LogP contribution >= 0.6 is 23.2 Å². The van der Waals surface area contributed by atoms with Gasteiger partial charge in [0.1, 0.15) is 6.07 Å². The third-order valence-electron chi connectivity index (χ3n) is 7.74. The Kier molecular flexibility index (Phi) is 8.52. The molecule has 14 heteroatoms. The number of fused-ring (bicyclic) bond motifs is 1. The van der Waals surface area contributed by atoms with Gasteiger partial charge in [0.25, 0.3) is 5.91 Å². The van der Waals surface area contributed by atoms with Gasteiger partial charge in [-0.2, -0.15) is 5.26 Å². The predicted octanol–water partition coefficient (Wildman–Crippen LogP) is 4.52. The molecule has 0 bridgehead atoms. The average Bonchev–Trinajstić information content (AvgIpc) is 3.73. The van der Waals surface area contributed by atoms with Gasteiger partial charge in [0.2, 0.25) is 5.91 Å². The molecule has 226 valence electrons. The van der Waals surface area contributed by atoms with E-state index < -0.39 is 5.82 Å². The van der Waals surface area contributed by atoms with Gasteiger partial charge in [-0.1, -0.05) is 23.2 Å². The summed E-state index contributed by atoms with van der Waals surface area (Å²) in [6.45, 7) is 2.40. The Hall–Kier alpha value is -4.44. The van der Waals surface area contributed by atoms with Gasteiger partial charge in [0.15, 0.2) is 29.6 Å². The summed E-state index contributed by atoms with van der Waals surface area (Å²) in [4.78, 5) is 38.4. The van der Waals surface area contributed by atoms with Crippen molar-refractivity contribution in [1.29, 1.82) is 5.26 Å². The van der Waals surface area contributed by atoms with E-state index in [2.05, 4.69) is 20.6 Å². The van der Waals surface area contributed by atoms with Crippen LogP contribution in [-0.2, 0) is 4.79 Å². The van der Waals surface area contributed by atoms with Crippen molar-refractivity contribution in [2.75, 3.05) is 44.6 Å². The van der Waals surface area contributed by atoms with E-state index in [0.717, 1.165) is 19.4 Å². The Balaban J connectivity index is 1.16. The lowest BCUT2D eigenvalue weighted by atomic mass is 10.1. The second-order valence-corrected chi connectivity index (χ2v) is 11.2. The quantitative estimate of drug-likeness (QED) is 0.303. The van der Waals surface area contributed by atoms with Gasteiger partial charge in [0.05, 0.1) is 33.5 Å². The minimum absolute atomic E-state index is 0.103. The fraction of sp³-hybridized carbons (Fsp3) is 0.300. The zero-order valence-corrected chi connectivity index (χ0v) is 24.9. The molecule has 2 saturated heterocycles. The average molecular weight is 638 g/mol. The van der Waals surface area contributed by atoms with E-state index in [1.807, 2.05) is 4.90 Å². The maximum atomic E-state index is 14.8. The lowest BCUT2D eigenvalue weighted by Gasteiger charge is -2.36. The molecule has 4 aromatic rings. The van der Waals surface area contributed by atoms with E-state index in [1.54, 1.807) is 58.2 Å². The first kappa shape index (κ1) is 29.6. The van der Waals surface area contributed by atoms with Crippen LogP contribution in [0.4, 0.5) is 15.9 Å². The van der Waals surface area contributed by atoms with Crippen LogP contribution in [0.2, 0.25) is 10.0 Å². The summed E-state index contributed by atoms with van der Waals surface area (Å²) in [5, 5.41) is 15.2. The number of halogens is 3. The minimum atomic E-state index is -0.775. The van der Waals surface area contributed by atoms with E-state index in [1.165, 1.54) is 6.07 Å². The number of benzene rings is 2. The summed E-state index contributed by atoms with van der Waals surface area (Å²) in [5.74, 6) is -0.587. The van der Waals surface area contributed by atoms with E-state index in [-0.39, 0.29) is 40.3 Å². The molecular weight excluding hydrogens is 610 g/mol. The van der Waals surface area contributed by atoms with Gasteiger partial charge in [-0.25, -0.2) is 14.4 Å². The Morgan fingerprint density at radius 2 is 1.93 bits per heavy atom. The molecular formula is C30H27Cl2FN8O3. The second kappa shape index (κ2) is 12.7. The number of amides is 2. The van der Waals surface area contributed by atoms with E-state index >= 15 is 0 Å². The molecule has 0 radical (unpaired) electrons. The van der Waals surface area contributed by atoms with Crippen LogP contribution in [0.1, 0.15) is 23.2 Å². The van der Waals surface area contributed by atoms with Gasteiger partial charge < -0.3 is 25.2 Å². The number of aromatic nitrogens is 3. The molecule has 6 rings (SSSR count). The molecule has 2 aliphatic rings. The van der Waals surface area contributed by atoms with Crippen molar-refractivity contribution in [3.63, 3.8) is 0 Å². The number of piperazine rings is 1. The molecule has 2 amide bonds. The number of ether oxygens (including phenoxy) is 1. The van der Waals surface area contributed by atoms with Crippen molar-refractivity contribution in [2.45, 2.75) is 18.9 Å². The van der Waals surface area contributed by atoms with Gasteiger partial charge in [0, 0.05) is 49.8 Å². The van der Waals surface area contributed by atoms with Gasteiger partial charge in [-0.05, 0) is 49.7 Å². The first-order valence-corrected chi connectivity index (χ1v) is 14.8. The van der Waals surface area contributed by atoms with Crippen LogP contribution in [0.3, 0.4) is 0 Å². The number of nitriles is 1. The topological polar surface area (TPSA) is 128 Å². The Morgan fingerprint density at radius 3 is 2.66 bits per heavy atom. The van der Waals surface area contributed by atoms with E-state index in [9.17, 15) is 14.0 Å². The van der Waals surface area contributed by atoms with Crippen molar-refractivity contribution in [3.05, 3.63) is 70.3 Å². The molecule has 0 unspecified atom stereocenters. The monoisotopic (exact) mass is 636 g/mol. The van der Waals surface area contributed by atoms with Crippen molar-refractivity contribution < 1.29 is 18.7 Å². The largest absolute Gasteiger partial charge is 0.476 e. The predicted molar refractivity (Wildman–Crippen MR) is 163 cm³/mol. The van der Waals surface area contributed by atoms with E-state index in [0.29, 0.717) is 60.2 Å². The molecule has 1 atom stereocenters. The molecule has 0 saturated carbocycles. The molecule has 2 aromatic heterocycles. The number of carbonyl (C=O) groups excluding carboxylic acids is 2. The molecule has 2 aliphatic heterocycles. The van der Waals surface area contributed by atoms with Crippen molar-refractivity contribution in [2.24, 2.45) is 0 Å². The molecule has 0 spiro atoms. The lowest BCUT2D eigenvalue weighted by Crippen LogP contribution is -2.54. The number of nitrogens with zero attached hydrogens (tertiary/aromatic N) is 6. The van der Waals surface area contributed by atoms with Crippen molar-refractivity contribution in [3.8, 4) is 23.1 Å². The number of anilines is 2. The van der Waals surface area contributed by atoms with Crippen LogP contribution in [0.25, 0.3) is 16.9 Å². The molecule has 4 heterocycles. The van der Waals surface area contributed by atoms with Gasteiger partial charge in [-0.15, -0.1) is 0 Å². The number of nitrogens with one attached hydrogen (secondary N) is 2. The third kappa shape index (κ3) is 5.74. The zero-order valence-electron chi connectivity index (χ0n) is 23.4. The van der Waals surface area contributed by atoms with Crippen molar-refractivity contribution >= 4 is 52.2 Å². The summed E-state index contributed by atoms with van der Waals surface area (Å²) < 4.78 is 21.6. The standard InChI is InChI=1S/C30H27Cl2FN8O3/c31-21-16-18(3-4-19(21)29(42)39-11-13-40(14-12-39)30(43)22-2-1-8-35-22)38-27-28-37-17-23(41(28)10-9-36-27)20-5-6-24(44-15-7-34)26(33)25(20)32/h3-6,9-10,16-17,22,35H,1-2,8,11-15H2,(H,36,38)/t22-/m0/s1. The number of imidazole rings is 1.